The zero-order chi connectivity index (χ0) is 13.3. The molecule has 0 aliphatic rings. The predicted octanol–water partition coefficient (Wildman–Crippen LogP) is 1.28. The van der Waals surface area contributed by atoms with Gasteiger partial charge in [-0.05, 0) is 31.2 Å². The van der Waals surface area contributed by atoms with Crippen molar-refractivity contribution in [1.82, 2.24) is 10.2 Å². The number of aryl methyl sites for hydroxylation is 1. The third kappa shape index (κ3) is 2.00. The summed E-state index contributed by atoms with van der Waals surface area (Å²) in [6.07, 6.45) is 0. The van der Waals surface area contributed by atoms with Gasteiger partial charge in [0.25, 0.3) is 5.91 Å². The summed E-state index contributed by atoms with van der Waals surface area (Å²) in [5.41, 5.74) is 7.63. The summed E-state index contributed by atoms with van der Waals surface area (Å²) >= 11 is 0. The summed E-state index contributed by atoms with van der Waals surface area (Å²) in [7, 11) is 1.62. The summed E-state index contributed by atoms with van der Waals surface area (Å²) in [6.45, 7) is 1.75. The van der Waals surface area contributed by atoms with Crippen LogP contribution < -0.4 is 10.6 Å². The van der Waals surface area contributed by atoms with Crippen LogP contribution >= 0.6 is 0 Å². The molecule has 0 atom stereocenters. The molecule has 2 aromatic rings. The lowest BCUT2D eigenvalue weighted by atomic mass is 10.2. The maximum atomic E-state index is 12.2. The highest BCUT2D eigenvalue weighted by atomic mass is 16.3. The Morgan fingerprint density at radius 2 is 2.00 bits per heavy atom. The second kappa shape index (κ2) is 4.40. The average Bonchev–Trinajstić information content (AvgIpc) is 2.69. The summed E-state index contributed by atoms with van der Waals surface area (Å²) in [5.74, 6) is -0.155. The number of benzene rings is 1. The number of H-pyrrole nitrogens is 1. The molecular weight excluding hydrogens is 232 g/mol. The number of rotatable bonds is 2. The van der Waals surface area contributed by atoms with E-state index in [1.165, 1.54) is 17.0 Å². The van der Waals surface area contributed by atoms with Gasteiger partial charge in [0.05, 0.1) is 11.4 Å². The number of amides is 1. The van der Waals surface area contributed by atoms with Gasteiger partial charge in [-0.1, -0.05) is 0 Å². The second-order valence-corrected chi connectivity index (χ2v) is 3.99. The van der Waals surface area contributed by atoms with E-state index in [1.54, 1.807) is 26.1 Å². The Morgan fingerprint density at radius 3 is 2.50 bits per heavy atom. The van der Waals surface area contributed by atoms with Gasteiger partial charge >= 0.3 is 0 Å². The van der Waals surface area contributed by atoms with Crippen molar-refractivity contribution in [3.05, 3.63) is 35.7 Å². The van der Waals surface area contributed by atoms with Gasteiger partial charge in [-0.15, -0.1) is 0 Å². The van der Waals surface area contributed by atoms with Gasteiger partial charge in [-0.25, -0.2) is 0 Å². The summed E-state index contributed by atoms with van der Waals surface area (Å²) in [5, 5.41) is 15.8. The van der Waals surface area contributed by atoms with Gasteiger partial charge in [0, 0.05) is 12.7 Å². The van der Waals surface area contributed by atoms with Gasteiger partial charge in [0.1, 0.15) is 5.75 Å². The summed E-state index contributed by atoms with van der Waals surface area (Å²) in [4.78, 5) is 13.6. The topological polar surface area (TPSA) is 95.2 Å². The lowest BCUT2D eigenvalue weighted by molar-refractivity contribution is 0.0989. The molecule has 1 aromatic carbocycles. The number of hydrogen-bond acceptors (Lipinski definition) is 4. The van der Waals surface area contributed by atoms with E-state index in [-0.39, 0.29) is 17.4 Å². The van der Waals surface area contributed by atoms with Crippen molar-refractivity contribution < 1.29 is 9.90 Å². The van der Waals surface area contributed by atoms with E-state index in [2.05, 4.69) is 10.2 Å². The van der Waals surface area contributed by atoms with Crippen LogP contribution in [0.1, 0.15) is 16.2 Å². The SMILES string of the molecule is Cc1[nH]nc(C(=O)N(C)c2ccc(O)cc2)c1N. The monoisotopic (exact) mass is 246 g/mol. The fourth-order valence-corrected chi connectivity index (χ4v) is 1.55. The standard InChI is InChI=1S/C12H14N4O2/c1-7-10(13)11(15-14-7)12(18)16(2)8-3-5-9(17)6-4-8/h3-6,17H,13H2,1-2H3,(H,14,15). The Balaban J connectivity index is 2.29. The zero-order valence-electron chi connectivity index (χ0n) is 10.1. The number of aromatic nitrogens is 2. The second-order valence-electron chi connectivity index (χ2n) is 3.99. The predicted molar refractivity (Wildman–Crippen MR) is 68.6 cm³/mol. The molecule has 0 fully saturated rings. The molecule has 0 radical (unpaired) electrons. The molecule has 18 heavy (non-hydrogen) atoms. The molecule has 1 heterocycles. The quantitative estimate of drug-likeness (QED) is 0.743. The first-order chi connectivity index (χ1) is 8.50. The molecule has 0 aliphatic heterocycles. The molecule has 0 bridgehead atoms. The minimum Gasteiger partial charge on any atom is -0.508 e. The van der Waals surface area contributed by atoms with Gasteiger partial charge in [0.2, 0.25) is 0 Å². The van der Waals surface area contributed by atoms with Crippen LogP contribution in [-0.2, 0) is 0 Å². The molecule has 0 spiro atoms. The van der Waals surface area contributed by atoms with E-state index in [4.69, 9.17) is 5.73 Å². The number of anilines is 2. The van der Waals surface area contributed by atoms with E-state index in [9.17, 15) is 9.90 Å². The molecule has 0 aliphatic carbocycles. The maximum absolute atomic E-state index is 12.2. The largest absolute Gasteiger partial charge is 0.508 e. The summed E-state index contributed by atoms with van der Waals surface area (Å²) in [6, 6.07) is 6.31. The third-order valence-corrected chi connectivity index (χ3v) is 2.74. The van der Waals surface area contributed by atoms with Crippen molar-refractivity contribution in [2.45, 2.75) is 6.92 Å². The number of nitrogens with one attached hydrogen (secondary N) is 1. The number of hydrogen-bond donors (Lipinski definition) is 3. The van der Waals surface area contributed by atoms with Crippen molar-refractivity contribution >= 4 is 17.3 Å². The van der Waals surface area contributed by atoms with Crippen LogP contribution in [0.15, 0.2) is 24.3 Å². The normalized spacial score (nSPS) is 10.3. The molecule has 0 saturated heterocycles. The molecule has 4 N–H and O–H groups in total. The number of aromatic amines is 1. The van der Waals surface area contributed by atoms with Crippen LogP contribution in [0.5, 0.6) is 5.75 Å². The first-order valence-electron chi connectivity index (χ1n) is 5.38. The Labute approximate surface area is 104 Å². The number of carbonyl (C=O) groups excluding carboxylic acids is 1. The van der Waals surface area contributed by atoms with Gasteiger partial charge in [-0.3, -0.25) is 9.89 Å². The first kappa shape index (κ1) is 12.0. The van der Waals surface area contributed by atoms with Crippen molar-refractivity contribution in [2.75, 3.05) is 17.7 Å². The third-order valence-electron chi connectivity index (χ3n) is 2.74. The molecule has 2 rings (SSSR count). The van der Waals surface area contributed by atoms with Crippen molar-refractivity contribution in [3.63, 3.8) is 0 Å². The molecule has 6 heteroatoms. The smallest absolute Gasteiger partial charge is 0.280 e. The van der Waals surface area contributed by atoms with Crippen LogP contribution in [0, 0.1) is 6.92 Å². The van der Waals surface area contributed by atoms with Crippen molar-refractivity contribution in [1.29, 1.82) is 0 Å². The summed E-state index contributed by atoms with van der Waals surface area (Å²) < 4.78 is 0. The minimum atomic E-state index is -0.303. The lowest BCUT2D eigenvalue weighted by Gasteiger charge is -2.16. The highest BCUT2D eigenvalue weighted by molar-refractivity contribution is 6.07. The molecule has 0 saturated carbocycles. The van der Waals surface area contributed by atoms with Crippen LogP contribution in [-0.4, -0.2) is 28.3 Å². The number of nitrogens with zero attached hydrogens (tertiary/aromatic N) is 2. The Kier molecular flexibility index (Phi) is 2.93. The first-order valence-corrected chi connectivity index (χ1v) is 5.38. The van der Waals surface area contributed by atoms with Crippen LogP contribution in [0.25, 0.3) is 0 Å². The van der Waals surface area contributed by atoms with E-state index in [1.807, 2.05) is 0 Å². The number of phenolic OH excluding ortho intramolecular Hbond substituents is 1. The fraction of sp³-hybridized carbons (Fsp3) is 0.167. The average molecular weight is 246 g/mol. The van der Waals surface area contributed by atoms with E-state index < -0.39 is 0 Å². The number of carbonyl (C=O) groups is 1. The van der Waals surface area contributed by atoms with E-state index in [0.717, 1.165) is 0 Å². The highest BCUT2D eigenvalue weighted by Crippen LogP contribution is 2.21. The fourth-order valence-electron chi connectivity index (χ4n) is 1.55. The maximum Gasteiger partial charge on any atom is 0.280 e. The molecular formula is C12H14N4O2. The van der Waals surface area contributed by atoms with E-state index in [0.29, 0.717) is 17.1 Å². The zero-order valence-corrected chi connectivity index (χ0v) is 10.1. The Bertz CT molecular complexity index is 574. The van der Waals surface area contributed by atoms with Crippen molar-refractivity contribution in [2.24, 2.45) is 0 Å². The van der Waals surface area contributed by atoms with Crippen LogP contribution in [0.2, 0.25) is 0 Å². The Hall–Kier alpha value is -2.50. The van der Waals surface area contributed by atoms with Gasteiger partial charge in [-0.2, -0.15) is 5.10 Å². The number of aromatic hydroxyl groups is 1. The number of nitrogens with two attached hydrogens (primary N) is 1. The number of nitrogen functional groups attached to an aromatic ring is 1. The van der Waals surface area contributed by atoms with Gasteiger partial charge < -0.3 is 15.7 Å². The molecule has 0 unspecified atom stereocenters. The van der Waals surface area contributed by atoms with Crippen LogP contribution in [0.4, 0.5) is 11.4 Å². The molecule has 6 nitrogen and oxygen atoms in total. The van der Waals surface area contributed by atoms with Crippen molar-refractivity contribution in [3.8, 4) is 5.75 Å². The molecule has 1 aromatic heterocycles. The molecule has 1 amide bonds. The lowest BCUT2D eigenvalue weighted by Crippen LogP contribution is -2.27. The number of phenols is 1. The molecule has 94 valence electrons. The highest BCUT2D eigenvalue weighted by Gasteiger charge is 2.20. The van der Waals surface area contributed by atoms with E-state index >= 15 is 0 Å². The minimum absolute atomic E-state index is 0.148. The van der Waals surface area contributed by atoms with Crippen LogP contribution in [0.3, 0.4) is 0 Å². The van der Waals surface area contributed by atoms with Gasteiger partial charge in [0.15, 0.2) is 5.69 Å². The Morgan fingerprint density at radius 1 is 1.39 bits per heavy atom.